The lowest BCUT2D eigenvalue weighted by atomic mass is 10.2. The monoisotopic (exact) mass is 426 g/mol. The number of para-hydroxylation sites is 2. The Labute approximate surface area is 167 Å². The largest absolute Gasteiger partial charge is 0.492 e. The fourth-order valence-electron chi connectivity index (χ4n) is 3.33. The molecule has 1 N–H and O–H groups in total. The predicted molar refractivity (Wildman–Crippen MR) is 108 cm³/mol. The fourth-order valence-corrected chi connectivity index (χ4v) is 7.26. The molecule has 2 heterocycles. The van der Waals surface area contributed by atoms with Crippen LogP contribution in [0.3, 0.4) is 0 Å². The molecule has 2 saturated heterocycles. The first-order valence-electron chi connectivity index (χ1n) is 9.02. The van der Waals surface area contributed by atoms with Crippen LogP contribution in [0.2, 0.25) is 0 Å². The minimum Gasteiger partial charge on any atom is -0.492 e. The molecule has 2 atom stereocenters. The second-order valence-electron chi connectivity index (χ2n) is 6.61. The van der Waals surface area contributed by atoms with Crippen molar-refractivity contribution in [3.05, 3.63) is 24.3 Å². The molecule has 152 valence electrons. The number of ether oxygens (including phenoxy) is 1. The number of carboxylic acids is 1. The minimum atomic E-state index is -3.16. The molecule has 0 bridgehead atoms. The Morgan fingerprint density at radius 1 is 1.29 bits per heavy atom. The summed E-state index contributed by atoms with van der Waals surface area (Å²) < 4.78 is 30.0. The van der Waals surface area contributed by atoms with Gasteiger partial charge in [-0.05, 0) is 25.5 Å². The van der Waals surface area contributed by atoms with Gasteiger partial charge in [-0.2, -0.15) is 4.99 Å². The summed E-state index contributed by atoms with van der Waals surface area (Å²) in [6.45, 7) is 2.31. The van der Waals surface area contributed by atoms with Crippen molar-refractivity contribution in [1.29, 1.82) is 0 Å². The van der Waals surface area contributed by atoms with E-state index >= 15 is 0 Å². The number of hydrogen-bond acceptors (Lipinski definition) is 6. The first kappa shape index (κ1) is 20.7. The lowest BCUT2D eigenvalue weighted by molar-refractivity contribution is -0.137. The number of rotatable bonds is 7. The maximum atomic E-state index is 12.2. The van der Waals surface area contributed by atoms with Crippen molar-refractivity contribution in [2.45, 2.75) is 37.5 Å². The Bertz CT molecular complexity index is 899. The number of sulfone groups is 1. The van der Waals surface area contributed by atoms with Crippen LogP contribution >= 0.6 is 11.8 Å². The van der Waals surface area contributed by atoms with E-state index < -0.39 is 21.7 Å². The molecule has 2 aliphatic rings. The Morgan fingerprint density at radius 2 is 2.04 bits per heavy atom. The summed E-state index contributed by atoms with van der Waals surface area (Å²) in [5, 5.41) is 8.95. The number of carbonyl (C=O) groups is 2. The van der Waals surface area contributed by atoms with Crippen LogP contribution in [0.4, 0.5) is 5.69 Å². The van der Waals surface area contributed by atoms with Crippen molar-refractivity contribution in [2.24, 2.45) is 4.99 Å². The van der Waals surface area contributed by atoms with Crippen molar-refractivity contribution < 1.29 is 27.9 Å². The molecular formula is C18H22N2O6S2. The second kappa shape index (κ2) is 8.52. The van der Waals surface area contributed by atoms with Gasteiger partial charge in [0, 0.05) is 18.1 Å². The lowest BCUT2D eigenvalue weighted by Crippen LogP contribution is -2.38. The zero-order chi connectivity index (χ0) is 20.3. The SMILES string of the molecule is CCOc1ccccc1N1C(=NC(=O)CCCC(=O)O)S[C@@H]2CS(=O)(=O)C[C@H]21. The van der Waals surface area contributed by atoms with Gasteiger partial charge in [0.1, 0.15) is 5.75 Å². The standard InChI is InChI=1S/C18H22N2O6S2/c1-2-26-14-7-4-3-6-12(14)20-13-10-28(24,25)11-15(13)27-18(20)19-16(21)8-5-9-17(22)23/h3-4,6-7,13,15H,2,5,8-11H2,1H3,(H,22,23)/t13-,15-/m1/s1. The van der Waals surface area contributed by atoms with Crippen LogP contribution in [-0.2, 0) is 19.4 Å². The van der Waals surface area contributed by atoms with Crippen LogP contribution in [0, 0.1) is 0 Å². The van der Waals surface area contributed by atoms with E-state index in [0.717, 1.165) is 0 Å². The molecule has 1 aromatic rings. The number of anilines is 1. The quantitative estimate of drug-likeness (QED) is 0.704. The number of hydrogen-bond donors (Lipinski definition) is 1. The summed E-state index contributed by atoms with van der Waals surface area (Å²) >= 11 is 1.29. The number of amides is 1. The van der Waals surface area contributed by atoms with Crippen LogP contribution in [0.15, 0.2) is 29.3 Å². The highest BCUT2D eigenvalue weighted by molar-refractivity contribution is 8.16. The van der Waals surface area contributed by atoms with E-state index in [1.54, 1.807) is 11.0 Å². The number of aliphatic imine (C=N–C) groups is 1. The van der Waals surface area contributed by atoms with Crippen LogP contribution in [0.1, 0.15) is 26.2 Å². The number of thioether (sulfide) groups is 1. The summed E-state index contributed by atoms with van der Waals surface area (Å²) in [7, 11) is -3.16. The summed E-state index contributed by atoms with van der Waals surface area (Å²) in [5.74, 6) is -0.728. The minimum absolute atomic E-state index is 0.00263. The summed E-state index contributed by atoms with van der Waals surface area (Å²) in [5.41, 5.74) is 0.679. The van der Waals surface area contributed by atoms with E-state index in [2.05, 4.69) is 4.99 Å². The maximum Gasteiger partial charge on any atom is 0.303 e. The molecule has 0 unspecified atom stereocenters. The number of carboxylic acid groups (broad SMARTS) is 1. The fraction of sp³-hybridized carbons (Fsp3) is 0.500. The van der Waals surface area contributed by atoms with Gasteiger partial charge >= 0.3 is 5.97 Å². The third-order valence-electron chi connectivity index (χ3n) is 4.49. The van der Waals surface area contributed by atoms with Crippen molar-refractivity contribution >= 4 is 44.3 Å². The van der Waals surface area contributed by atoms with Crippen molar-refractivity contribution in [3.8, 4) is 5.75 Å². The maximum absolute atomic E-state index is 12.2. The van der Waals surface area contributed by atoms with Crippen LogP contribution in [0.25, 0.3) is 0 Å². The molecule has 2 fully saturated rings. The number of aliphatic carboxylic acids is 1. The highest BCUT2D eigenvalue weighted by Crippen LogP contribution is 2.43. The van der Waals surface area contributed by atoms with E-state index in [1.807, 2.05) is 25.1 Å². The second-order valence-corrected chi connectivity index (χ2v) is 9.97. The van der Waals surface area contributed by atoms with Gasteiger partial charge in [-0.3, -0.25) is 9.59 Å². The summed E-state index contributed by atoms with van der Waals surface area (Å²) in [6, 6.07) is 6.96. The Balaban J connectivity index is 1.90. The molecule has 1 amide bonds. The van der Waals surface area contributed by atoms with Gasteiger partial charge in [0.25, 0.3) is 0 Å². The van der Waals surface area contributed by atoms with E-state index in [1.165, 1.54) is 11.8 Å². The highest BCUT2D eigenvalue weighted by Gasteiger charge is 2.50. The first-order chi connectivity index (χ1) is 13.3. The van der Waals surface area contributed by atoms with E-state index in [-0.39, 0.29) is 42.1 Å². The highest BCUT2D eigenvalue weighted by atomic mass is 32.2. The van der Waals surface area contributed by atoms with Crippen LogP contribution in [-0.4, -0.2) is 60.0 Å². The Kier molecular flexibility index (Phi) is 6.29. The average molecular weight is 427 g/mol. The molecule has 3 rings (SSSR count). The Morgan fingerprint density at radius 3 is 2.75 bits per heavy atom. The number of fused-ring (bicyclic) bond motifs is 1. The average Bonchev–Trinajstić information content (AvgIpc) is 3.06. The Hall–Kier alpha value is -2.07. The molecule has 2 aliphatic heterocycles. The zero-order valence-electron chi connectivity index (χ0n) is 15.4. The third kappa shape index (κ3) is 4.67. The summed E-state index contributed by atoms with van der Waals surface area (Å²) in [6.07, 6.45) is 0.154. The molecule has 0 aromatic heterocycles. The number of amidine groups is 1. The lowest BCUT2D eigenvalue weighted by Gasteiger charge is -2.26. The van der Waals surface area contributed by atoms with Crippen molar-refractivity contribution in [3.63, 3.8) is 0 Å². The van der Waals surface area contributed by atoms with E-state index in [9.17, 15) is 18.0 Å². The van der Waals surface area contributed by atoms with Crippen molar-refractivity contribution in [1.82, 2.24) is 0 Å². The number of benzene rings is 1. The van der Waals surface area contributed by atoms with Crippen LogP contribution < -0.4 is 9.64 Å². The topological polar surface area (TPSA) is 113 Å². The molecule has 8 nitrogen and oxygen atoms in total. The van der Waals surface area contributed by atoms with Gasteiger partial charge in [0.15, 0.2) is 15.0 Å². The van der Waals surface area contributed by atoms with Crippen molar-refractivity contribution in [2.75, 3.05) is 23.0 Å². The number of carbonyl (C=O) groups excluding carboxylic acids is 1. The normalized spacial score (nSPS) is 24.3. The molecule has 10 heteroatoms. The first-order valence-corrected chi connectivity index (χ1v) is 11.7. The van der Waals surface area contributed by atoms with Gasteiger partial charge in [0.05, 0.1) is 29.8 Å². The molecule has 28 heavy (non-hydrogen) atoms. The van der Waals surface area contributed by atoms with Gasteiger partial charge < -0.3 is 14.7 Å². The van der Waals surface area contributed by atoms with Gasteiger partial charge in [-0.1, -0.05) is 23.9 Å². The molecule has 0 aliphatic carbocycles. The van der Waals surface area contributed by atoms with E-state index in [0.29, 0.717) is 23.2 Å². The molecule has 1 aromatic carbocycles. The molecular weight excluding hydrogens is 404 g/mol. The molecule has 0 spiro atoms. The number of nitrogens with zero attached hydrogens (tertiary/aromatic N) is 2. The molecule has 0 saturated carbocycles. The smallest absolute Gasteiger partial charge is 0.303 e. The third-order valence-corrected chi connectivity index (χ3v) is 7.70. The van der Waals surface area contributed by atoms with Crippen LogP contribution in [0.5, 0.6) is 5.75 Å². The van der Waals surface area contributed by atoms with E-state index in [4.69, 9.17) is 9.84 Å². The predicted octanol–water partition coefficient (Wildman–Crippen LogP) is 1.94. The van der Waals surface area contributed by atoms with Gasteiger partial charge in [-0.15, -0.1) is 0 Å². The van der Waals surface area contributed by atoms with Gasteiger partial charge in [-0.25, -0.2) is 8.42 Å². The van der Waals surface area contributed by atoms with Gasteiger partial charge in [0.2, 0.25) is 5.91 Å². The zero-order valence-corrected chi connectivity index (χ0v) is 17.0. The summed E-state index contributed by atoms with van der Waals surface area (Å²) in [4.78, 5) is 28.8. The molecule has 0 radical (unpaired) electrons.